The van der Waals surface area contributed by atoms with Gasteiger partial charge < -0.3 is 58.5 Å². The molecule has 7 heterocycles. The van der Waals surface area contributed by atoms with Gasteiger partial charge in [-0.05, 0) is 82.6 Å². The van der Waals surface area contributed by atoms with Gasteiger partial charge in [-0.1, -0.05) is 27.4 Å². The molecule has 0 radical (unpaired) electrons. The molecule has 0 aromatic rings. The first-order valence-corrected chi connectivity index (χ1v) is 23.0. The summed E-state index contributed by atoms with van der Waals surface area (Å²) in [5, 5.41) is 36.6. The van der Waals surface area contributed by atoms with Crippen LogP contribution in [0.5, 0.6) is 0 Å². The van der Waals surface area contributed by atoms with Gasteiger partial charge in [0, 0.05) is 58.1 Å². The number of carbonyl (C=O) groups excluding carboxylic acids is 3. The van der Waals surface area contributed by atoms with E-state index in [0.717, 1.165) is 24.8 Å². The maximum atomic E-state index is 14.2. The lowest BCUT2D eigenvalue weighted by atomic mass is 9.68. The van der Waals surface area contributed by atoms with Gasteiger partial charge in [0.2, 0.25) is 0 Å². The molecule has 61 heavy (non-hydrogen) atoms. The molecule has 18 atom stereocenters. The van der Waals surface area contributed by atoms with Crippen molar-refractivity contribution in [3.63, 3.8) is 0 Å². The molecule has 7 rings (SSSR count). The van der Waals surface area contributed by atoms with Gasteiger partial charge in [0.05, 0.1) is 67.1 Å². The third-order valence-electron chi connectivity index (χ3n) is 14.8. The number of carbonyl (C=O) groups is 3. The van der Waals surface area contributed by atoms with E-state index in [1.54, 1.807) is 27.9 Å². The van der Waals surface area contributed by atoms with Crippen molar-refractivity contribution in [2.24, 2.45) is 17.3 Å². The lowest BCUT2D eigenvalue weighted by Crippen LogP contribution is -2.61. The van der Waals surface area contributed by atoms with E-state index in [4.69, 9.17) is 37.9 Å². The molecule has 15 nitrogen and oxygen atoms in total. The Morgan fingerprint density at radius 2 is 1.52 bits per heavy atom. The number of methoxy groups -OCH3 is 1. The summed E-state index contributed by atoms with van der Waals surface area (Å²) in [4.78, 5) is 39.8. The number of nitrogens with one attached hydrogen (secondary N) is 1. The van der Waals surface area contributed by atoms with E-state index in [0.29, 0.717) is 38.0 Å². The molecule has 7 aliphatic heterocycles. The molecular weight excluding hydrogens is 790 g/mol. The maximum absolute atomic E-state index is 14.2. The number of Topliss-reactive ketones (excluding diaryl/α,β-unsaturated/α-hetero) is 2. The van der Waals surface area contributed by atoms with Crippen LogP contribution in [0.3, 0.4) is 0 Å². The van der Waals surface area contributed by atoms with Crippen molar-refractivity contribution in [2.45, 2.75) is 228 Å². The van der Waals surface area contributed by atoms with Crippen LogP contribution in [0.2, 0.25) is 0 Å². The molecule has 0 aliphatic carbocycles. The minimum absolute atomic E-state index is 0.000505. The molecule has 7 aliphatic rings. The number of hydrogen-bond donors (Lipinski definition) is 4. The summed E-state index contributed by atoms with van der Waals surface area (Å²) in [6, 6.07) is 0. The quantitative estimate of drug-likeness (QED) is 0.286. The van der Waals surface area contributed by atoms with E-state index in [1.807, 2.05) is 0 Å². The van der Waals surface area contributed by atoms with Crippen LogP contribution >= 0.6 is 0 Å². The van der Waals surface area contributed by atoms with Crippen molar-refractivity contribution in [2.75, 3.05) is 13.7 Å². The molecule has 4 N–H and O–H groups in total. The summed E-state index contributed by atoms with van der Waals surface area (Å²) in [7, 11) is 1.60. The number of alkyl carbamates (subject to hydrolysis) is 1. The second-order valence-electron chi connectivity index (χ2n) is 20.8. The number of ketones is 2. The van der Waals surface area contributed by atoms with Crippen molar-refractivity contribution in [1.29, 1.82) is 0 Å². The van der Waals surface area contributed by atoms with Crippen LogP contribution in [0, 0.1) is 17.3 Å². The Hall–Kier alpha value is -2.05. The standard InChI is InChI=1S/C46H73NO14/c1-23-15-28-10-9-25(48)19-35-38(51)42-43(60-35)39(52)41-33(59-42)14-12-30(57-41)17-26(49)18-31-34(21-37-46(6,7)24(2)16-29(56-37)11-13-32(23)55-28)58-36(40(31)54-8)20-27(50)22-47-44(53)61-45(3,4)5/h24,27-43,50-52H,1,9-22H2,2-8H3,(H,47,53)/t24?,27?,28?,29?,30?,31?,32-,33?,34?,35?,36+,37?,38?,39?,40+,41-,42-,43?/m0/s1. The van der Waals surface area contributed by atoms with E-state index >= 15 is 0 Å². The largest absolute Gasteiger partial charge is 0.444 e. The van der Waals surface area contributed by atoms with Gasteiger partial charge in [0.15, 0.2) is 0 Å². The summed E-state index contributed by atoms with van der Waals surface area (Å²) < 4.78 is 50.6. The van der Waals surface area contributed by atoms with Crippen LogP contribution in [-0.2, 0) is 47.5 Å². The fourth-order valence-corrected chi connectivity index (χ4v) is 11.1. The molecule has 0 aromatic heterocycles. The summed E-state index contributed by atoms with van der Waals surface area (Å²) in [6.07, 6.45) is -4.17. The summed E-state index contributed by atoms with van der Waals surface area (Å²) >= 11 is 0. The highest BCUT2D eigenvalue weighted by Crippen LogP contribution is 2.47. The molecule has 8 bridgehead atoms. The zero-order chi connectivity index (χ0) is 44.0. The Bertz CT molecular complexity index is 1570. The van der Waals surface area contributed by atoms with Crippen LogP contribution in [0.25, 0.3) is 0 Å². The minimum atomic E-state index is -1.12. The third kappa shape index (κ3) is 10.9. The monoisotopic (exact) mass is 864 g/mol. The lowest BCUT2D eigenvalue weighted by molar-refractivity contribution is -0.259. The number of hydrogen-bond acceptors (Lipinski definition) is 14. The van der Waals surface area contributed by atoms with Crippen molar-refractivity contribution in [3.8, 4) is 0 Å². The Morgan fingerprint density at radius 1 is 0.820 bits per heavy atom. The van der Waals surface area contributed by atoms with E-state index < -0.39 is 84.9 Å². The Labute approximate surface area is 361 Å². The molecule has 0 aromatic carbocycles. The van der Waals surface area contributed by atoms with Gasteiger partial charge in [-0.25, -0.2) is 4.79 Å². The summed E-state index contributed by atoms with van der Waals surface area (Å²) in [6.45, 7) is 16.3. The summed E-state index contributed by atoms with van der Waals surface area (Å²) in [5.41, 5.74) is 0.116. The van der Waals surface area contributed by atoms with E-state index in [2.05, 4.69) is 32.7 Å². The fourth-order valence-electron chi connectivity index (χ4n) is 11.1. The average Bonchev–Trinajstić information content (AvgIpc) is 3.81. The number of amides is 1. The molecule has 346 valence electrons. The Morgan fingerprint density at radius 3 is 2.26 bits per heavy atom. The fraction of sp³-hybridized carbons (Fsp3) is 0.891. The molecule has 1 amide bonds. The van der Waals surface area contributed by atoms with E-state index in [9.17, 15) is 29.7 Å². The zero-order valence-corrected chi connectivity index (χ0v) is 37.3. The molecule has 0 spiro atoms. The van der Waals surface area contributed by atoms with Gasteiger partial charge in [0.1, 0.15) is 47.7 Å². The predicted molar refractivity (Wildman–Crippen MR) is 221 cm³/mol. The highest BCUT2D eigenvalue weighted by atomic mass is 16.6. The first-order valence-electron chi connectivity index (χ1n) is 23.0. The van der Waals surface area contributed by atoms with E-state index in [1.165, 1.54) is 0 Å². The van der Waals surface area contributed by atoms with Crippen LogP contribution in [0.1, 0.15) is 125 Å². The van der Waals surface area contributed by atoms with Gasteiger partial charge in [-0.3, -0.25) is 9.59 Å². The molecule has 15 heteroatoms. The molecule has 7 fully saturated rings. The van der Waals surface area contributed by atoms with Crippen LogP contribution in [0.15, 0.2) is 12.2 Å². The number of rotatable bonds is 5. The van der Waals surface area contributed by atoms with Crippen molar-refractivity contribution in [1.82, 2.24) is 5.32 Å². The first kappa shape index (κ1) is 46.9. The molecule has 0 saturated carbocycles. The number of ether oxygens (including phenoxy) is 8. The Kier molecular flexibility index (Phi) is 14.8. The number of aliphatic hydroxyl groups excluding tert-OH is 3. The van der Waals surface area contributed by atoms with Crippen LogP contribution in [-0.4, -0.2) is 150 Å². The third-order valence-corrected chi connectivity index (χ3v) is 14.8. The topological polar surface area (TPSA) is 198 Å². The SMILES string of the molecule is C=C1CC2CCC(=O)CC3OC4C(O)[C@H]5OC(CCC5O[C@H]4C3O)CC(=O)CC3C(CC4OC(CC[C@@H]1O2)CC(C)C4(C)C)O[C@H](CC(O)CNC(=O)OC(C)(C)C)[C@@H]3OC. The Balaban J connectivity index is 1.11. The van der Waals surface area contributed by atoms with Gasteiger partial charge in [0.25, 0.3) is 0 Å². The summed E-state index contributed by atoms with van der Waals surface area (Å²) in [5.74, 6) is -0.129. The highest BCUT2D eigenvalue weighted by Gasteiger charge is 2.57. The number of aliphatic hydroxyl groups is 3. The van der Waals surface area contributed by atoms with E-state index in [-0.39, 0.29) is 86.0 Å². The normalized spacial score (nSPS) is 44.0. The second-order valence-corrected chi connectivity index (χ2v) is 20.8. The average molecular weight is 864 g/mol. The van der Waals surface area contributed by atoms with Crippen molar-refractivity contribution in [3.05, 3.63) is 12.2 Å². The zero-order valence-electron chi connectivity index (χ0n) is 37.3. The minimum Gasteiger partial charge on any atom is -0.444 e. The van der Waals surface area contributed by atoms with Gasteiger partial charge >= 0.3 is 6.09 Å². The molecule has 13 unspecified atom stereocenters. The predicted octanol–water partition coefficient (Wildman–Crippen LogP) is 4.27. The highest BCUT2D eigenvalue weighted by molar-refractivity contribution is 5.79. The lowest BCUT2D eigenvalue weighted by Gasteiger charge is -2.48. The van der Waals surface area contributed by atoms with Gasteiger partial charge in [-0.2, -0.15) is 0 Å². The molecular formula is C46H73NO14. The maximum Gasteiger partial charge on any atom is 0.407 e. The van der Waals surface area contributed by atoms with Crippen LogP contribution in [0.4, 0.5) is 4.79 Å². The smallest absolute Gasteiger partial charge is 0.407 e. The van der Waals surface area contributed by atoms with Gasteiger partial charge in [-0.15, -0.1) is 0 Å². The number of fused-ring (bicyclic) bond motifs is 7. The van der Waals surface area contributed by atoms with Crippen molar-refractivity contribution < 1.29 is 67.6 Å². The second kappa shape index (κ2) is 19.2. The first-order chi connectivity index (χ1) is 28.8. The van der Waals surface area contributed by atoms with Crippen LogP contribution < -0.4 is 5.32 Å². The van der Waals surface area contributed by atoms with Crippen molar-refractivity contribution >= 4 is 17.7 Å². The molecule has 7 saturated heterocycles.